The largest absolute Gasteiger partial charge is 0.481 e. The van der Waals surface area contributed by atoms with Gasteiger partial charge in [-0.05, 0) is 42.0 Å². The van der Waals surface area contributed by atoms with Gasteiger partial charge in [0.2, 0.25) is 0 Å². The maximum Gasteiger partial charge on any atom is 0.303 e. The van der Waals surface area contributed by atoms with Gasteiger partial charge >= 0.3 is 11.9 Å². The number of oxime groups is 2. The summed E-state index contributed by atoms with van der Waals surface area (Å²) in [6.45, 7) is 0. The van der Waals surface area contributed by atoms with E-state index in [4.69, 9.17) is 43.8 Å². The van der Waals surface area contributed by atoms with Crippen molar-refractivity contribution in [2.45, 2.75) is 25.7 Å². The van der Waals surface area contributed by atoms with E-state index >= 15 is 0 Å². The molecular weight excluding hydrogens is 587 g/mol. The van der Waals surface area contributed by atoms with Crippen molar-refractivity contribution in [1.29, 1.82) is 0 Å². The molecule has 2 aromatic carbocycles. The summed E-state index contributed by atoms with van der Waals surface area (Å²) in [6.07, 6.45) is 6.04. The standard InChI is InChI=1S/2C14H12ClN3O3/c15-11-3-1-9(2-4-11)14-16-7-10(8-17-14)12(18-21)5-6-13(19)20;15-11-3-1-9(2-4-11)10-7-16-14(17-8-10)12(18-21)5-6-13(19)20/h2*1-4,7-8,21H,5-6H2,(H,19,20). The highest BCUT2D eigenvalue weighted by Gasteiger charge is 2.11. The number of nitrogens with zero attached hydrogens (tertiary/aromatic N) is 6. The summed E-state index contributed by atoms with van der Waals surface area (Å²) >= 11 is 11.6. The Morgan fingerprint density at radius 2 is 1.05 bits per heavy atom. The van der Waals surface area contributed by atoms with E-state index in [0.717, 1.165) is 16.7 Å². The van der Waals surface area contributed by atoms with Gasteiger partial charge in [-0.3, -0.25) is 9.59 Å². The molecule has 14 heteroatoms. The molecule has 2 aromatic heterocycles. The van der Waals surface area contributed by atoms with Crippen LogP contribution >= 0.6 is 23.2 Å². The number of hydrogen-bond donors (Lipinski definition) is 4. The highest BCUT2D eigenvalue weighted by molar-refractivity contribution is 6.30. The Kier molecular flexibility index (Phi) is 11.8. The predicted molar refractivity (Wildman–Crippen MR) is 155 cm³/mol. The highest BCUT2D eigenvalue weighted by Crippen LogP contribution is 2.20. The number of aliphatic carboxylic acids is 2. The van der Waals surface area contributed by atoms with E-state index in [2.05, 4.69) is 30.2 Å². The van der Waals surface area contributed by atoms with Crippen LogP contribution in [0.2, 0.25) is 10.0 Å². The molecular formula is C28H24Cl2N6O6. The molecule has 0 saturated carbocycles. The zero-order chi connectivity index (χ0) is 30.5. The number of carboxylic acids is 2. The van der Waals surface area contributed by atoms with Crippen LogP contribution in [0.4, 0.5) is 0 Å². The molecule has 2 heterocycles. The fourth-order valence-corrected chi connectivity index (χ4v) is 3.65. The van der Waals surface area contributed by atoms with Gasteiger partial charge in [-0.25, -0.2) is 19.9 Å². The summed E-state index contributed by atoms with van der Waals surface area (Å²) in [6, 6.07) is 14.3. The minimum atomic E-state index is -0.978. The molecule has 4 aromatic rings. The van der Waals surface area contributed by atoms with E-state index in [1.54, 1.807) is 48.8 Å². The lowest BCUT2D eigenvalue weighted by molar-refractivity contribution is -0.137. The molecule has 0 fully saturated rings. The van der Waals surface area contributed by atoms with Crippen LogP contribution in [0, 0.1) is 0 Å². The van der Waals surface area contributed by atoms with E-state index in [0.29, 0.717) is 21.4 Å². The lowest BCUT2D eigenvalue weighted by atomic mass is 10.1. The number of carboxylic acid groups (broad SMARTS) is 2. The molecule has 4 rings (SSSR count). The normalized spacial score (nSPS) is 11.4. The van der Waals surface area contributed by atoms with Gasteiger partial charge in [0.05, 0.1) is 18.6 Å². The maximum atomic E-state index is 10.5. The Balaban J connectivity index is 0.000000230. The fraction of sp³-hybridized carbons (Fsp3) is 0.143. The van der Waals surface area contributed by atoms with Crippen LogP contribution in [0.3, 0.4) is 0 Å². The van der Waals surface area contributed by atoms with E-state index < -0.39 is 11.9 Å². The zero-order valence-corrected chi connectivity index (χ0v) is 23.3. The molecule has 0 spiro atoms. The van der Waals surface area contributed by atoms with E-state index in [-0.39, 0.29) is 42.9 Å². The first-order valence-electron chi connectivity index (χ1n) is 12.2. The lowest BCUT2D eigenvalue weighted by Gasteiger charge is -2.04. The third kappa shape index (κ3) is 9.61. The molecule has 0 aliphatic heterocycles. The average Bonchev–Trinajstić information content (AvgIpc) is 2.99. The number of benzene rings is 2. The third-order valence-electron chi connectivity index (χ3n) is 5.57. The topological polar surface area (TPSA) is 191 Å². The van der Waals surface area contributed by atoms with Gasteiger partial charge in [0, 0.05) is 64.4 Å². The molecule has 12 nitrogen and oxygen atoms in total. The first kappa shape index (κ1) is 31.6. The van der Waals surface area contributed by atoms with Gasteiger partial charge in [-0.2, -0.15) is 0 Å². The molecule has 0 bridgehead atoms. The van der Waals surface area contributed by atoms with Crippen molar-refractivity contribution in [3.05, 3.63) is 94.8 Å². The van der Waals surface area contributed by atoms with Crippen LogP contribution in [-0.4, -0.2) is 63.9 Å². The molecule has 216 valence electrons. The molecule has 4 N–H and O–H groups in total. The second kappa shape index (κ2) is 15.7. The van der Waals surface area contributed by atoms with Crippen molar-refractivity contribution < 1.29 is 30.2 Å². The predicted octanol–water partition coefficient (Wildman–Crippen LogP) is 5.68. The zero-order valence-electron chi connectivity index (χ0n) is 21.8. The quantitative estimate of drug-likeness (QED) is 0.0985. The van der Waals surface area contributed by atoms with Gasteiger partial charge in [-0.15, -0.1) is 0 Å². The molecule has 0 aliphatic rings. The summed E-state index contributed by atoms with van der Waals surface area (Å²) in [5, 5.41) is 42.5. The Bertz CT molecular complexity index is 1430. The molecule has 0 saturated heterocycles. The first-order valence-corrected chi connectivity index (χ1v) is 13.0. The minimum Gasteiger partial charge on any atom is -0.481 e. The van der Waals surface area contributed by atoms with Gasteiger partial charge in [0.15, 0.2) is 11.6 Å². The SMILES string of the molecule is O=C(O)CCC(=NO)c1cnc(-c2ccc(Cl)cc2)nc1.O=C(O)CCC(=NO)c1ncc(-c2ccc(Cl)cc2)cn1. The Morgan fingerprint density at radius 3 is 1.50 bits per heavy atom. The molecule has 0 amide bonds. The summed E-state index contributed by atoms with van der Waals surface area (Å²) < 4.78 is 0. The van der Waals surface area contributed by atoms with Crippen molar-refractivity contribution in [2.24, 2.45) is 10.3 Å². The van der Waals surface area contributed by atoms with Crippen molar-refractivity contribution in [2.75, 3.05) is 0 Å². The molecule has 0 radical (unpaired) electrons. The smallest absolute Gasteiger partial charge is 0.303 e. The van der Waals surface area contributed by atoms with E-state index in [1.165, 1.54) is 12.4 Å². The van der Waals surface area contributed by atoms with Crippen LogP contribution in [-0.2, 0) is 9.59 Å². The van der Waals surface area contributed by atoms with Gasteiger partial charge in [-0.1, -0.05) is 45.6 Å². The number of halogens is 2. The summed E-state index contributed by atoms with van der Waals surface area (Å²) in [5.41, 5.74) is 3.35. The molecule has 0 atom stereocenters. The van der Waals surface area contributed by atoms with Crippen LogP contribution in [0.5, 0.6) is 0 Å². The summed E-state index contributed by atoms with van der Waals surface area (Å²) in [7, 11) is 0. The monoisotopic (exact) mass is 610 g/mol. The molecule has 0 aliphatic carbocycles. The number of rotatable bonds is 10. The fourth-order valence-electron chi connectivity index (χ4n) is 3.40. The average molecular weight is 611 g/mol. The number of carbonyl (C=O) groups is 2. The molecule has 0 unspecified atom stereocenters. The van der Waals surface area contributed by atoms with Crippen LogP contribution in [0.25, 0.3) is 22.5 Å². The molecule has 42 heavy (non-hydrogen) atoms. The van der Waals surface area contributed by atoms with Crippen LogP contribution in [0.15, 0.2) is 83.6 Å². The summed E-state index contributed by atoms with van der Waals surface area (Å²) in [4.78, 5) is 37.6. The van der Waals surface area contributed by atoms with Crippen molar-refractivity contribution in [3.8, 4) is 22.5 Å². The van der Waals surface area contributed by atoms with E-state index in [9.17, 15) is 9.59 Å². The second-order valence-electron chi connectivity index (χ2n) is 8.49. The lowest BCUT2D eigenvalue weighted by Crippen LogP contribution is -2.09. The minimum absolute atomic E-state index is 0.0616. The second-order valence-corrected chi connectivity index (χ2v) is 9.36. The number of hydrogen-bond acceptors (Lipinski definition) is 10. The van der Waals surface area contributed by atoms with Gasteiger partial charge in [0.25, 0.3) is 0 Å². The van der Waals surface area contributed by atoms with Crippen molar-refractivity contribution >= 4 is 46.6 Å². The van der Waals surface area contributed by atoms with Crippen LogP contribution in [0.1, 0.15) is 37.1 Å². The van der Waals surface area contributed by atoms with Crippen molar-refractivity contribution in [3.63, 3.8) is 0 Å². The van der Waals surface area contributed by atoms with E-state index in [1.807, 2.05) is 12.1 Å². The van der Waals surface area contributed by atoms with Gasteiger partial charge < -0.3 is 20.6 Å². The number of aromatic nitrogens is 4. The van der Waals surface area contributed by atoms with Gasteiger partial charge in [0.1, 0.15) is 5.71 Å². The van der Waals surface area contributed by atoms with Crippen molar-refractivity contribution in [1.82, 2.24) is 19.9 Å². The Hall–Kier alpha value is -4.94. The Morgan fingerprint density at radius 1 is 0.595 bits per heavy atom. The third-order valence-corrected chi connectivity index (χ3v) is 6.07. The maximum absolute atomic E-state index is 10.5. The Labute approximate surface area is 249 Å². The van der Waals surface area contributed by atoms with Crippen LogP contribution < -0.4 is 0 Å². The summed E-state index contributed by atoms with van der Waals surface area (Å²) in [5.74, 6) is -1.23. The highest BCUT2D eigenvalue weighted by atomic mass is 35.5. The first-order chi connectivity index (χ1) is 20.2.